The third-order valence-corrected chi connectivity index (χ3v) is 3.31. The van der Waals surface area contributed by atoms with Crippen molar-refractivity contribution in [2.24, 2.45) is 0 Å². The van der Waals surface area contributed by atoms with Gasteiger partial charge in [-0.15, -0.1) is 11.8 Å². The third kappa shape index (κ3) is 5.17. The molecule has 0 heterocycles. The molecule has 0 amide bonds. The van der Waals surface area contributed by atoms with Crippen molar-refractivity contribution < 1.29 is 4.74 Å². The molecule has 0 aliphatic carbocycles. The highest BCUT2D eigenvalue weighted by Gasteiger charge is 2.07. The fraction of sp³-hybridized carbons (Fsp3) is 0.429. The van der Waals surface area contributed by atoms with Gasteiger partial charge in [0.05, 0.1) is 11.6 Å². The summed E-state index contributed by atoms with van der Waals surface area (Å²) in [6.07, 6.45) is 7.34. The highest BCUT2D eigenvalue weighted by Crippen LogP contribution is 2.34. The molecule has 1 nitrogen and oxygen atoms in total. The van der Waals surface area contributed by atoms with Crippen molar-refractivity contribution in [3.63, 3.8) is 0 Å². The average Bonchev–Trinajstić information content (AvgIpc) is 2.38. The number of ether oxygens (including phenoxy) is 1. The van der Waals surface area contributed by atoms with Crippen LogP contribution in [0.3, 0.4) is 0 Å². The Morgan fingerprint density at radius 3 is 2.47 bits per heavy atom. The van der Waals surface area contributed by atoms with Gasteiger partial charge in [0, 0.05) is 10.5 Å². The summed E-state index contributed by atoms with van der Waals surface area (Å²) >= 11 is 5.25. The summed E-state index contributed by atoms with van der Waals surface area (Å²) in [7, 11) is 1.70. The Hall–Kier alpha value is -0.410. The normalized spacial score (nSPS) is 10.0. The molecule has 0 aromatic heterocycles. The summed E-state index contributed by atoms with van der Waals surface area (Å²) in [5.41, 5.74) is 1.12. The van der Waals surface area contributed by atoms with E-state index in [4.69, 9.17) is 4.74 Å². The lowest BCUT2D eigenvalue weighted by molar-refractivity contribution is 0.411. The first-order chi connectivity index (χ1) is 8.22. The van der Waals surface area contributed by atoms with E-state index in [0.717, 1.165) is 22.2 Å². The molecule has 0 N–H and O–H groups in total. The van der Waals surface area contributed by atoms with Crippen LogP contribution in [0.25, 0.3) is 6.08 Å². The summed E-state index contributed by atoms with van der Waals surface area (Å²) in [4.78, 5) is 1.23. The first kappa shape index (κ1) is 16.6. The zero-order valence-electron chi connectivity index (χ0n) is 11.2. The van der Waals surface area contributed by atoms with Crippen molar-refractivity contribution >= 4 is 33.8 Å². The van der Waals surface area contributed by atoms with E-state index in [2.05, 4.69) is 53.4 Å². The van der Waals surface area contributed by atoms with Crippen LogP contribution in [0.15, 0.2) is 27.6 Å². The van der Waals surface area contributed by atoms with Crippen LogP contribution in [0.4, 0.5) is 0 Å². The minimum absolute atomic E-state index is 0.900. The van der Waals surface area contributed by atoms with E-state index in [1.807, 2.05) is 13.8 Å². The molecule has 0 spiro atoms. The summed E-state index contributed by atoms with van der Waals surface area (Å²) in [5, 5.41) is 0. The van der Waals surface area contributed by atoms with Crippen LogP contribution >= 0.6 is 27.7 Å². The van der Waals surface area contributed by atoms with Gasteiger partial charge in [0.2, 0.25) is 0 Å². The van der Waals surface area contributed by atoms with Crippen LogP contribution in [-0.2, 0) is 0 Å². The number of allylic oxidation sites excluding steroid dienone is 1. The molecule has 0 saturated carbocycles. The Balaban J connectivity index is 0.00000121. The van der Waals surface area contributed by atoms with E-state index < -0.39 is 0 Å². The summed E-state index contributed by atoms with van der Waals surface area (Å²) in [6, 6.07) is 4.22. The van der Waals surface area contributed by atoms with Crippen LogP contribution in [0.1, 0.15) is 32.8 Å². The van der Waals surface area contributed by atoms with Gasteiger partial charge in [-0.25, -0.2) is 0 Å². The zero-order chi connectivity index (χ0) is 13.3. The smallest absolute Gasteiger partial charge is 0.140 e. The van der Waals surface area contributed by atoms with Gasteiger partial charge in [-0.3, -0.25) is 0 Å². The Morgan fingerprint density at radius 2 is 2.00 bits per heavy atom. The van der Waals surface area contributed by atoms with Crippen LogP contribution in [0.5, 0.6) is 5.75 Å². The third-order valence-electron chi connectivity index (χ3n) is 2.02. The van der Waals surface area contributed by atoms with Crippen molar-refractivity contribution in [3.8, 4) is 5.75 Å². The van der Waals surface area contributed by atoms with Gasteiger partial charge in [0.1, 0.15) is 5.75 Å². The molecule has 1 aromatic carbocycles. The number of halogens is 1. The molecule has 0 atom stereocenters. The van der Waals surface area contributed by atoms with Crippen LogP contribution in [0, 0.1) is 0 Å². The van der Waals surface area contributed by atoms with Crippen molar-refractivity contribution in [2.75, 3.05) is 13.4 Å². The molecule has 1 rings (SSSR count). The van der Waals surface area contributed by atoms with Gasteiger partial charge >= 0.3 is 0 Å². The highest BCUT2D eigenvalue weighted by atomic mass is 79.9. The summed E-state index contributed by atoms with van der Waals surface area (Å²) in [6.45, 7) is 6.12. The lowest BCUT2D eigenvalue weighted by Crippen LogP contribution is -1.89. The maximum Gasteiger partial charge on any atom is 0.140 e. The van der Waals surface area contributed by atoms with Crippen LogP contribution in [-0.4, -0.2) is 13.4 Å². The lowest BCUT2D eigenvalue weighted by Gasteiger charge is -2.09. The molecule has 0 aliphatic heterocycles. The van der Waals surface area contributed by atoms with E-state index in [0.29, 0.717) is 0 Å². The number of hydrogen-bond acceptors (Lipinski definition) is 2. The second-order valence-electron chi connectivity index (χ2n) is 3.04. The van der Waals surface area contributed by atoms with E-state index in [1.165, 1.54) is 4.90 Å². The highest BCUT2D eigenvalue weighted by molar-refractivity contribution is 9.10. The zero-order valence-corrected chi connectivity index (χ0v) is 13.6. The predicted molar refractivity (Wildman–Crippen MR) is 83.1 cm³/mol. The lowest BCUT2D eigenvalue weighted by atomic mass is 10.2. The molecule has 3 heteroatoms. The number of hydrogen-bond donors (Lipinski definition) is 0. The molecule has 0 aliphatic rings. The standard InChI is InChI=1S/C12H15BrOS.C2H6/c1-4-5-6-9-7-10(15-3)8-11(13)12(9)14-2;1-2/h5-8H,4H2,1-3H3;1-2H3/b6-5-;. The fourth-order valence-electron chi connectivity index (χ4n) is 1.29. The van der Waals surface area contributed by atoms with Gasteiger partial charge in [-0.2, -0.15) is 0 Å². The van der Waals surface area contributed by atoms with Gasteiger partial charge < -0.3 is 4.74 Å². The Kier molecular flexibility index (Phi) is 9.37. The van der Waals surface area contributed by atoms with Crippen molar-refractivity contribution in [1.82, 2.24) is 0 Å². The summed E-state index contributed by atoms with van der Waals surface area (Å²) in [5.74, 6) is 0.900. The van der Waals surface area contributed by atoms with E-state index in [-0.39, 0.29) is 0 Å². The quantitative estimate of drug-likeness (QED) is 0.666. The van der Waals surface area contributed by atoms with Gasteiger partial charge in [-0.1, -0.05) is 32.9 Å². The Morgan fingerprint density at radius 1 is 1.35 bits per heavy atom. The molecule has 96 valence electrons. The monoisotopic (exact) mass is 316 g/mol. The molecule has 0 unspecified atom stereocenters. The maximum absolute atomic E-state index is 5.37. The average molecular weight is 317 g/mol. The Bertz CT molecular complexity index is 361. The molecular formula is C14H21BrOS. The van der Waals surface area contributed by atoms with E-state index >= 15 is 0 Å². The molecule has 17 heavy (non-hydrogen) atoms. The van der Waals surface area contributed by atoms with Gasteiger partial charge in [-0.05, 0) is 40.7 Å². The number of methoxy groups -OCH3 is 1. The van der Waals surface area contributed by atoms with E-state index in [1.54, 1.807) is 18.9 Å². The van der Waals surface area contributed by atoms with Gasteiger partial charge in [0.25, 0.3) is 0 Å². The first-order valence-corrected chi connectivity index (χ1v) is 7.82. The first-order valence-electron chi connectivity index (χ1n) is 5.81. The van der Waals surface area contributed by atoms with Crippen molar-refractivity contribution in [1.29, 1.82) is 0 Å². The maximum atomic E-state index is 5.37. The molecule has 0 fully saturated rings. The SMILES string of the molecule is CC.CC/C=C\c1cc(SC)cc(Br)c1OC. The summed E-state index contributed by atoms with van der Waals surface area (Å²) < 4.78 is 6.37. The minimum atomic E-state index is 0.900. The van der Waals surface area contributed by atoms with Gasteiger partial charge in [0.15, 0.2) is 0 Å². The number of rotatable bonds is 4. The fourth-order valence-corrected chi connectivity index (χ4v) is 2.56. The second kappa shape index (κ2) is 9.60. The Labute approximate surface area is 118 Å². The van der Waals surface area contributed by atoms with E-state index in [9.17, 15) is 0 Å². The molecule has 0 radical (unpaired) electrons. The number of benzene rings is 1. The number of thioether (sulfide) groups is 1. The second-order valence-corrected chi connectivity index (χ2v) is 4.78. The largest absolute Gasteiger partial charge is 0.495 e. The molecule has 0 saturated heterocycles. The van der Waals surface area contributed by atoms with Crippen LogP contribution in [0.2, 0.25) is 0 Å². The molecular weight excluding hydrogens is 296 g/mol. The predicted octanol–water partition coefficient (Wildman–Crippen LogP) is 5.63. The molecule has 1 aromatic rings. The van der Waals surface area contributed by atoms with Crippen LogP contribution < -0.4 is 4.74 Å². The topological polar surface area (TPSA) is 9.23 Å². The minimum Gasteiger partial charge on any atom is -0.495 e. The van der Waals surface area contributed by atoms with Crippen molar-refractivity contribution in [3.05, 3.63) is 28.2 Å². The van der Waals surface area contributed by atoms with Crippen molar-refractivity contribution in [2.45, 2.75) is 32.1 Å². The molecule has 0 bridgehead atoms.